The smallest absolute Gasteiger partial charge is 0.324 e. The van der Waals surface area contributed by atoms with Crippen molar-refractivity contribution >= 4 is 27.7 Å². The maximum Gasteiger partial charge on any atom is 0.324 e. The Morgan fingerprint density at radius 2 is 1.55 bits per heavy atom. The van der Waals surface area contributed by atoms with Crippen LogP contribution < -0.4 is 0 Å². The molecule has 0 spiro atoms. The van der Waals surface area contributed by atoms with Crippen LogP contribution in [-0.4, -0.2) is 23.7 Å². The Balaban J connectivity index is 2.46. The van der Waals surface area contributed by atoms with Gasteiger partial charge in [-0.05, 0) is 12.5 Å². The van der Waals surface area contributed by atoms with Crippen molar-refractivity contribution in [2.24, 2.45) is 0 Å². The van der Waals surface area contributed by atoms with Crippen molar-refractivity contribution < 1.29 is 14.3 Å². The predicted molar refractivity (Wildman–Crippen MR) is 89.3 cm³/mol. The van der Waals surface area contributed by atoms with Gasteiger partial charge in [0, 0.05) is 10.9 Å². The Hall–Kier alpha value is -1.94. The highest BCUT2D eigenvalue weighted by molar-refractivity contribution is 9.09. The highest BCUT2D eigenvalue weighted by Crippen LogP contribution is 2.30. The number of carbonyl (C=O) groups excluding carboxylic acids is 2. The van der Waals surface area contributed by atoms with Gasteiger partial charge in [-0.3, -0.25) is 9.59 Å². The topological polar surface area (TPSA) is 43.4 Å². The van der Waals surface area contributed by atoms with Crippen molar-refractivity contribution in [3.05, 3.63) is 71.8 Å². The van der Waals surface area contributed by atoms with Gasteiger partial charge in [0.2, 0.25) is 0 Å². The molecule has 3 nitrogen and oxygen atoms in total. The van der Waals surface area contributed by atoms with E-state index in [2.05, 4.69) is 15.9 Å². The number of hydrogen-bond acceptors (Lipinski definition) is 3. The van der Waals surface area contributed by atoms with E-state index in [1.165, 1.54) is 0 Å². The van der Waals surface area contributed by atoms with E-state index in [0.717, 1.165) is 0 Å². The zero-order valence-electron chi connectivity index (χ0n) is 12.3. The van der Waals surface area contributed by atoms with Crippen LogP contribution in [0.4, 0.5) is 0 Å². The molecule has 0 bridgehead atoms. The quantitative estimate of drug-likeness (QED) is 0.341. The molecule has 1 unspecified atom stereocenters. The van der Waals surface area contributed by atoms with Gasteiger partial charge >= 0.3 is 5.97 Å². The molecule has 22 heavy (non-hydrogen) atoms. The number of carbonyl (C=O) groups is 2. The molecule has 2 rings (SSSR count). The summed E-state index contributed by atoms with van der Waals surface area (Å²) in [5, 5.41) is 0.531. The molecule has 2 aromatic carbocycles. The minimum Gasteiger partial charge on any atom is -0.464 e. The van der Waals surface area contributed by atoms with Crippen LogP contribution in [0, 0.1) is 0 Å². The number of ether oxygens (including phenoxy) is 1. The molecule has 0 aromatic heterocycles. The summed E-state index contributed by atoms with van der Waals surface area (Å²) in [6, 6.07) is 17.8. The standard InChI is InChI=1S/C18H17BrO3/c1-18(17(21)22-13-12-19,15-10-6-3-7-11-15)16(20)14-8-4-2-5-9-14/h2-11H,12-13H2,1H3. The van der Waals surface area contributed by atoms with Gasteiger partial charge in [0.05, 0.1) is 0 Å². The second-order valence-corrected chi connectivity index (χ2v) is 5.80. The van der Waals surface area contributed by atoms with Gasteiger partial charge in [0.1, 0.15) is 6.61 Å². The molecule has 0 saturated heterocycles. The first-order valence-corrected chi connectivity index (χ1v) is 8.11. The molecular formula is C18H17BrO3. The van der Waals surface area contributed by atoms with Crippen LogP contribution in [-0.2, 0) is 14.9 Å². The third-order valence-corrected chi connectivity index (χ3v) is 3.88. The highest BCUT2D eigenvalue weighted by Gasteiger charge is 2.44. The van der Waals surface area contributed by atoms with Crippen molar-refractivity contribution in [1.82, 2.24) is 0 Å². The van der Waals surface area contributed by atoms with Gasteiger partial charge in [-0.1, -0.05) is 76.6 Å². The Morgan fingerprint density at radius 1 is 1.00 bits per heavy atom. The second kappa shape index (κ2) is 7.36. The molecule has 0 N–H and O–H groups in total. The first-order chi connectivity index (χ1) is 10.6. The lowest BCUT2D eigenvalue weighted by atomic mass is 9.76. The molecule has 0 aliphatic heterocycles. The molecule has 114 valence electrons. The number of benzene rings is 2. The SMILES string of the molecule is CC(C(=O)OCCBr)(C(=O)c1ccccc1)c1ccccc1. The van der Waals surface area contributed by atoms with E-state index in [-0.39, 0.29) is 12.4 Å². The molecule has 0 saturated carbocycles. The molecule has 0 aliphatic carbocycles. The molecule has 0 radical (unpaired) electrons. The van der Waals surface area contributed by atoms with E-state index in [9.17, 15) is 9.59 Å². The fourth-order valence-corrected chi connectivity index (χ4v) is 2.43. The van der Waals surface area contributed by atoms with Crippen LogP contribution >= 0.6 is 15.9 Å². The molecule has 1 atom stereocenters. The summed E-state index contributed by atoms with van der Waals surface area (Å²) in [5.41, 5.74) is -0.238. The average Bonchev–Trinajstić information content (AvgIpc) is 2.59. The Bertz CT molecular complexity index is 640. The van der Waals surface area contributed by atoms with E-state index < -0.39 is 11.4 Å². The Kier molecular flexibility index (Phi) is 5.50. The fourth-order valence-electron chi connectivity index (χ4n) is 2.27. The second-order valence-electron chi connectivity index (χ2n) is 5.01. The van der Waals surface area contributed by atoms with Gasteiger partial charge < -0.3 is 4.74 Å². The number of alkyl halides is 1. The molecule has 4 heteroatoms. The molecule has 0 fully saturated rings. The predicted octanol–water partition coefficient (Wildman–Crippen LogP) is 3.77. The normalized spacial score (nSPS) is 13.2. The summed E-state index contributed by atoms with van der Waals surface area (Å²) in [7, 11) is 0. The number of halogens is 1. The number of Topliss-reactive ketones (excluding diaryl/α,β-unsaturated/α-hetero) is 1. The Labute approximate surface area is 138 Å². The first-order valence-electron chi connectivity index (χ1n) is 6.99. The minimum atomic E-state index is -1.36. The van der Waals surface area contributed by atoms with E-state index in [0.29, 0.717) is 16.5 Å². The zero-order chi connectivity index (χ0) is 16.0. The lowest BCUT2D eigenvalue weighted by Gasteiger charge is -2.26. The number of ketones is 1. The van der Waals surface area contributed by atoms with Gasteiger partial charge in [0.15, 0.2) is 11.2 Å². The minimum absolute atomic E-state index is 0.226. The third-order valence-electron chi connectivity index (χ3n) is 3.56. The highest BCUT2D eigenvalue weighted by atomic mass is 79.9. The average molecular weight is 361 g/mol. The van der Waals surface area contributed by atoms with Crippen molar-refractivity contribution in [2.45, 2.75) is 12.3 Å². The summed E-state index contributed by atoms with van der Waals surface area (Å²) < 4.78 is 5.25. The van der Waals surface area contributed by atoms with Gasteiger partial charge in [-0.15, -0.1) is 0 Å². The monoisotopic (exact) mass is 360 g/mol. The lowest BCUT2D eigenvalue weighted by Crippen LogP contribution is -2.42. The van der Waals surface area contributed by atoms with E-state index >= 15 is 0 Å². The van der Waals surface area contributed by atoms with E-state index in [4.69, 9.17) is 4.74 Å². The first kappa shape index (κ1) is 16.4. The van der Waals surface area contributed by atoms with Crippen LogP contribution in [0.25, 0.3) is 0 Å². The van der Waals surface area contributed by atoms with Gasteiger partial charge in [0.25, 0.3) is 0 Å². The molecule has 2 aromatic rings. The van der Waals surface area contributed by atoms with Crippen LogP contribution in [0.3, 0.4) is 0 Å². The number of hydrogen-bond donors (Lipinski definition) is 0. The molecule has 0 amide bonds. The van der Waals surface area contributed by atoms with Crippen LogP contribution in [0.2, 0.25) is 0 Å². The van der Waals surface area contributed by atoms with Gasteiger partial charge in [-0.2, -0.15) is 0 Å². The summed E-state index contributed by atoms with van der Waals surface area (Å²) >= 11 is 3.22. The van der Waals surface area contributed by atoms with Crippen LogP contribution in [0.1, 0.15) is 22.8 Å². The van der Waals surface area contributed by atoms with Crippen LogP contribution in [0.15, 0.2) is 60.7 Å². The lowest BCUT2D eigenvalue weighted by molar-refractivity contribution is -0.147. The third kappa shape index (κ3) is 3.28. The molecule has 0 heterocycles. The molecular weight excluding hydrogens is 344 g/mol. The summed E-state index contributed by atoms with van der Waals surface area (Å²) in [4.78, 5) is 25.5. The van der Waals surface area contributed by atoms with E-state index in [1.807, 2.05) is 24.3 Å². The maximum atomic E-state index is 13.0. The summed E-state index contributed by atoms with van der Waals surface area (Å²) in [6.45, 7) is 1.84. The maximum absolute atomic E-state index is 13.0. The largest absolute Gasteiger partial charge is 0.464 e. The summed E-state index contributed by atoms with van der Waals surface area (Å²) in [6.07, 6.45) is 0. The van der Waals surface area contributed by atoms with Crippen molar-refractivity contribution in [2.75, 3.05) is 11.9 Å². The van der Waals surface area contributed by atoms with Crippen molar-refractivity contribution in [1.29, 1.82) is 0 Å². The number of rotatable bonds is 6. The molecule has 0 aliphatic rings. The fraction of sp³-hybridized carbons (Fsp3) is 0.222. The Morgan fingerprint density at radius 3 is 2.09 bits per heavy atom. The van der Waals surface area contributed by atoms with Gasteiger partial charge in [-0.25, -0.2) is 0 Å². The van der Waals surface area contributed by atoms with Crippen LogP contribution in [0.5, 0.6) is 0 Å². The summed E-state index contributed by atoms with van der Waals surface area (Å²) in [5.74, 6) is -0.800. The van der Waals surface area contributed by atoms with Crippen molar-refractivity contribution in [3.8, 4) is 0 Å². The van der Waals surface area contributed by atoms with E-state index in [1.54, 1.807) is 43.3 Å². The van der Waals surface area contributed by atoms with Crippen molar-refractivity contribution in [3.63, 3.8) is 0 Å². The number of esters is 1. The zero-order valence-corrected chi connectivity index (χ0v) is 13.9.